The molecule has 0 spiro atoms. The van der Waals surface area contributed by atoms with Crippen LogP contribution in [0.15, 0.2) is 17.0 Å². The molecule has 1 amide bonds. The molecule has 1 unspecified atom stereocenters. The zero-order valence-corrected chi connectivity index (χ0v) is 17.6. The molecule has 0 aromatic heterocycles. The van der Waals surface area contributed by atoms with Crippen LogP contribution in [-0.2, 0) is 24.3 Å². The minimum absolute atomic E-state index is 0.219. The van der Waals surface area contributed by atoms with Crippen molar-refractivity contribution in [3.8, 4) is 0 Å². The molecule has 0 fully saturated rings. The molecule has 1 aromatic rings. The van der Waals surface area contributed by atoms with Crippen LogP contribution in [0.1, 0.15) is 48.0 Å². The van der Waals surface area contributed by atoms with Crippen molar-refractivity contribution in [2.45, 2.75) is 64.5 Å². The maximum Gasteiger partial charge on any atom is 0.321 e. The van der Waals surface area contributed by atoms with Gasteiger partial charge in [-0.2, -0.15) is 4.31 Å². The van der Waals surface area contributed by atoms with Gasteiger partial charge in [0.05, 0.1) is 0 Å². The summed E-state index contributed by atoms with van der Waals surface area (Å²) in [5, 5.41) is 2.18. The number of carbonyl (C=O) groups excluding carboxylic acids is 2. The van der Waals surface area contributed by atoms with E-state index in [0.29, 0.717) is 22.9 Å². The number of sulfonamides is 1. The highest BCUT2D eigenvalue weighted by molar-refractivity contribution is 7.89. The lowest BCUT2D eigenvalue weighted by Gasteiger charge is -2.29. The summed E-state index contributed by atoms with van der Waals surface area (Å²) in [5.74, 6) is -4.16. The molecule has 0 aliphatic rings. The molecule has 158 valence electrons. The summed E-state index contributed by atoms with van der Waals surface area (Å²) in [6, 6.07) is 0.700. The Balaban J connectivity index is 3.37. The standard InChI is InChI=1S/C18H26F2N2O5S/c1-7-11(2)22(10-16(24)27-18(4,5)6)28(25,26)17-14(19)8-13(9-15(17)20)21-12(3)23/h8-9,11H,7,10H2,1-6H3,(H,21,23). The van der Waals surface area contributed by atoms with Crippen molar-refractivity contribution in [3.05, 3.63) is 23.8 Å². The Morgan fingerprint density at radius 1 is 1.21 bits per heavy atom. The number of esters is 1. The number of hydrogen-bond donors (Lipinski definition) is 1. The average molecular weight is 420 g/mol. The number of hydrogen-bond acceptors (Lipinski definition) is 5. The van der Waals surface area contributed by atoms with Gasteiger partial charge in [-0.3, -0.25) is 9.59 Å². The lowest BCUT2D eigenvalue weighted by atomic mass is 10.2. The third kappa shape index (κ3) is 6.23. The number of amides is 1. The first-order valence-electron chi connectivity index (χ1n) is 8.69. The van der Waals surface area contributed by atoms with Crippen LogP contribution in [0.25, 0.3) is 0 Å². The highest BCUT2D eigenvalue weighted by Gasteiger charge is 2.36. The summed E-state index contributed by atoms with van der Waals surface area (Å²) in [7, 11) is -4.70. The molecular formula is C18H26F2N2O5S. The fraction of sp³-hybridized carbons (Fsp3) is 0.556. The maximum absolute atomic E-state index is 14.5. The number of anilines is 1. The van der Waals surface area contributed by atoms with Gasteiger partial charge >= 0.3 is 5.97 Å². The molecule has 0 aliphatic heterocycles. The predicted molar refractivity (Wildman–Crippen MR) is 100 cm³/mol. The molecule has 1 aromatic carbocycles. The highest BCUT2D eigenvalue weighted by Crippen LogP contribution is 2.28. The molecular weight excluding hydrogens is 394 g/mol. The van der Waals surface area contributed by atoms with Crippen molar-refractivity contribution in [3.63, 3.8) is 0 Å². The van der Waals surface area contributed by atoms with E-state index in [0.717, 1.165) is 6.92 Å². The van der Waals surface area contributed by atoms with Gasteiger partial charge in [-0.25, -0.2) is 17.2 Å². The maximum atomic E-state index is 14.5. The van der Waals surface area contributed by atoms with Gasteiger partial charge in [0.1, 0.15) is 23.8 Å². The second kappa shape index (κ2) is 8.95. The first-order valence-corrected chi connectivity index (χ1v) is 10.1. The minimum atomic E-state index is -4.70. The number of halogens is 2. The fourth-order valence-corrected chi connectivity index (χ4v) is 4.12. The van der Waals surface area contributed by atoms with E-state index in [1.165, 1.54) is 6.92 Å². The van der Waals surface area contributed by atoms with Crippen molar-refractivity contribution >= 4 is 27.6 Å². The molecule has 1 rings (SSSR count). The Kier molecular flexibility index (Phi) is 7.66. The van der Waals surface area contributed by atoms with Crippen molar-refractivity contribution in [1.82, 2.24) is 4.31 Å². The second-order valence-corrected chi connectivity index (χ2v) is 9.17. The Labute approximate surface area is 164 Å². The van der Waals surface area contributed by atoms with Gasteiger partial charge in [0.2, 0.25) is 15.9 Å². The van der Waals surface area contributed by atoms with Crippen LogP contribution >= 0.6 is 0 Å². The molecule has 0 radical (unpaired) electrons. The number of nitrogens with zero attached hydrogens (tertiary/aromatic N) is 1. The quantitative estimate of drug-likeness (QED) is 0.685. The van der Waals surface area contributed by atoms with Gasteiger partial charge in [0.25, 0.3) is 0 Å². The molecule has 0 saturated carbocycles. The van der Waals surface area contributed by atoms with Crippen LogP contribution in [0.5, 0.6) is 0 Å². The van der Waals surface area contributed by atoms with Crippen molar-refractivity contribution in [2.24, 2.45) is 0 Å². The molecule has 28 heavy (non-hydrogen) atoms. The first-order chi connectivity index (χ1) is 12.7. The van der Waals surface area contributed by atoms with Gasteiger partial charge in [0.15, 0.2) is 4.90 Å². The Morgan fingerprint density at radius 3 is 2.11 bits per heavy atom. The van der Waals surface area contributed by atoms with Crippen LogP contribution in [-0.4, -0.2) is 42.8 Å². The monoisotopic (exact) mass is 420 g/mol. The van der Waals surface area contributed by atoms with E-state index in [9.17, 15) is 26.8 Å². The van der Waals surface area contributed by atoms with E-state index in [2.05, 4.69) is 5.32 Å². The van der Waals surface area contributed by atoms with E-state index < -0.39 is 56.6 Å². The zero-order valence-electron chi connectivity index (χ0n) is 16.8. The van der Waals surface area contributed by atoms with Crippen LogP contribution in [0.4, 0.5) is 14.5 Å². The molecule has 7 nitrogen and oxygen atoms in total. The molecule has 0 bridgehead atoms. The van der Waals surface area contributed by atoms with Crippen LogP contribution < -0.4 is 5.32 Å². The Bertz CT molecular complexity index is 827. The topological polar surface area (TPSA) is 92.8 Å². The van der Waals surface area contributed by atoms with Crippen LogP contribution in [0, 0.1) is 11.6 Å². The molecule has 1 atom stereocenters. The lowest BCUT2D eigenvalue weighted by Crippen LogP contribution is -2.44. The SMILES string of the molecule is CCC(C)N(CC(=O)OC(C)(C)C)S(=O)(=O)c1c(F)cc(NC(C)=O)cc1F. The van der Waals surface area contributed by atoms with E-state index in [1.807, 2.05) is 0 Å². The number of nitrogens with one attached hydrogen (secondary N) is 1. The Hall–Kier alpha value is -2.07. The molecule has 0 saturated heterocycles. The minimum Gasteiger partial charge on any atom is -0.459 e. The van der Waals surface area contributed by atoms with E-state index in [1.54, 1.807) is 27.7 Å². The zero-order chi connectivity index (χ0) is 21.9. The number of carbonyl (C=O) groups is 2. The van der Waals surface area contributed by atoms with Crippen molar-refractivity contribution in [1.29, 1.82) is 0 Å². The highest BCUT2D eigenvalue weighted by atomic mass is 32.2. The number of ether oxygens (including phenoxy) is 1. The van der Waals surface area contributed by atoms with Crippen LogP contribution in [0.2, 0.25) is 0 Å². The summed E-state index contributed by atoms with van der Waals surface area (Å²) in [6.07, 6.45) is 0.301. The lowest BCUT2D eigenvalue weighted by molar-refractivity contribution is -0.155. The number of benzene rings is 1. The summed E-state index contributed by atoms with van der Waals surface area (Å²) in [5.41, 5.74) is -1.07. The largest absolute Gasteiger partial charge is 0.459 e. The fourth-order valence-electron chi connectivity index (χ4n) is 2.38. The van der Waals surface area contributed by atoms with Gasteiger partial charge in [0, 0.05) is 18.7 Å². The second-order valence-electron chi connectivity index (χ2n) is 7.34. The molecule has 0 aliphatic carbocycles. The predicted octanol–water partition coefficient (Wildman–Crippen LogP) is 3.05. The molecule has 1 N–H and O–H groups in total. The van der Waals surface area contributed by atoms with Gasteiger partial charge in [-0.05, 0) is 46.2 Å². The summed E-state index contributed by atoms with van der Waals surface area (Å²) < 4.78 is 60.7. The molecule has 10 heteroatoms. The summed E-state index contributed by atoms with van der Waals surface area (Å²) in [6.45, 7) is 8.50. The summed E-state index contributed by atoms with van der Waals surface area (Å²) in [4.78, 5) is 22.0. The van der Waals surface area contributed by atoms with Crippen molar-refractivity contribution in [2.75, 3.05) is 11.9 Å². The van der Waals surface area contributed by atoms with Crippen molar-refractivity contribution < 1.29 is 31.5 Å². The normalized spacial score (nSPS) is 13.3. The Morgan fingerprint density at radius 2 is 1.71 bits per heavy atom. The molecule has 0 heterocycles. The van der Waals surface area contributed by atoms with Gasteiger partial charge < -0.3 is 10.1 Å². The van der Waals surface area contributed by atoms with E-state index in [-0.39, 0.29) is 5.69 Å². The average Bonchev–Trinajstić information content (AvgIpc) is 2.48. The van der Waals surface area contributed by atoms with Gasteiger partial charge in [-0.15, -0.1) is 0 Å². The first kappa shape index (κ1) is 24.0. The van der Waals surface area contributed by atoms with Gasteiger partial charge in [-0.1, -0.05) is 6.92 Å². The summed E-state index contributed by atoms with van der Waals surface area (Å²) >= 11 is 0. The van der Waals surface area contributed by atoms with Crippen LogP contribution in [0.3, 0.4) is 0 Å². The smallest absolute Gasteiger partial charge is 0.321 e. The van der Waals surface area contributed by atoms with E-state index >= 15 is 0 Å². The third-order valence-corrected chi connectivity index (χ3v) is 5.69. The third-order valence-electron chi connectivity index (χ3n) is 3.67. The van der Waals surface area contributed by atoms with E-state index in [4.69, 9.17) is 4.74 Å². The number of rotatable bonds is 7.